The van der Waals surface area contributed by atoms with Crippen molar-refractivity contribution in [1.82, 2.24) is 5.32 Å². The van der Waals surface area contributed by atoms with Crippen molar-refractivity contribution in [1.29, 1.82) is 0 Å². The minimum Gasteiger partial charge on any atom is -0.356 e. The zero-order chi connectivity index (χ0) is 15.1. The number of amides is 2. The van der Waals surface area contributed by atoms with Crippen LogP contribution in [0.5, 0.6) is 0 Å². The fourth-order valence-corrected chi connectivity index (χ4v) is 2.88. The molecule has 0 saturated carbocycles. The SMILES string of the molecule is C=Cc1ccc2c(c1)N(C)C(O)N2C1CCC(=O)NC1=O. The summed E-state index contributed by atoms with van der Waals surface area (Å²) < 4.78 is 0. The molecule has 0 aliphatic carbocycles. The van der Waals surface area contributed by atoms with E-state index >= 15 is 0 Å². The van der Waals surface area contributed by atoms with Crippen LogP contribution in [0.1, 0.15) is 18.4 Å². The number of carbonyl (C=O) groups is 2. The molecule has 2 atom stereocenters. The molecule has 0 bridgehead atoms. The Morgan fingerprint density at radius 3 is 2.81 bits per heavy atom. The molecule has 2 heterocycles. The minimum atomic E-state index is -0.927. The maximum absolute atomic E-state index is 12.1. The molecule has 0 radical (unpaired) electrons. The Labute approximate surface area is 122 Å². The van der Waals surface area contributed by atoms with Crippen molar-refractivity contribution in [3.8, 4) is 0 Å². The van der Waals surface area contributed by atoms with E-state index in [0.29, 0.717) is 6.42 Å². The summed E-state index contributed by atoms with van der Waals surface area (Å²) in [6.45, 7) is 3.73. The van der Waals surface area contributed by atoms with Crippen LogP contribution < -0.4 is 15.1 Å². The first kappa shape index (κ1) is 13.6. The molecule has 1 aromatic carbocycles. The second kappa shape index (κ2) is 4.89. The van der Waals surface area contributed by atoms with Crippen molar-refractivity contribution in [2.75, 3.05) is 16.8 Å². The van der Waals surface area contributed by atoms with E-state index in [9.17, 15) is 14.7 Å². The van der Waals surface area contributed by atoms with Gasteiger partial charge in [0.2, 0.25) is 18.2 Å². The number of aliphatic hydroxyl groups excluding tert-OH is 1. The molecule has 6 nitrogen and oxygen atoms in total. The van der Waals surface area contributed by atoms with E-state index in [1.54, 1.807) is 22.9 Å². The van der Waals surface area contributed by atoms with Crippen LogP contribution in [0.3, 0.4) is 0 Å². The molecule has 1 aromatic rings. The number of nitrogens with one attached hydrogen (secondary N) is 1. The van der Waals surface area contributed by atoms with Crippen LogP contribution in [0.25, 0.3) is 6.08 Å². The smallest absolute Gasteiger partial charge is 0.249 e. The molecule has 3 rings (SSSR count). The van der Waals surface area contributed by atoms with Gasteiger partial charge in [0.1, 0.15) is 6.04 Å². The molecule has 110 valence electrons. The van der Waals surface area contributed by atoms with Gasteiger partial charge in [0.15, 0.2) is 0 Å². The first-order chi connectivity index (χ1) is 10.0. The molecule has 21 heavy (non-hydrogen) atoms. The zero-order valence-electron chi connectivity index (χ0n) is 11.7. The lowest BCUT2D eigenvalue weighted by Gasteiger charge is -2.34. The molecule has 1 fully saturated rings. The highest BCUT2D eigenvalue weighted by atomic mass is 16.3. The van der Waals surface area contributed by atoms with Crippen LogP contribution in [0, 0.1) is 0 Å². The van der Waals surface area contributed by atoms with Crippen molar-refractivity contribution in [2.24, 2.45) is 0 Å². The van der Waals surface area contributed by atoms with Crippen LogP contribution >= 0.6 is 0 Å². The van der Waals surface area contributed by atoms with E-state index in [-0.39, 0.29) is 18.2 Å². The van der Waals surface area contributed by atoms with Gasteiger partial charge in [0.05, 0.1) is 11.4 Å². The third kappa shape index (κ3) is 2.08. The number of anilines is 2. The number of rotatable bonds is 2. The monoisotopic (exact) mass is 287 g/mol. The molecular formula is C15H17N3O3. The average Bonchev–Trinajstić information content (AvgIpc) is 2.71. The van der Waals surface area contributed by atoms with E-state index < -0.39 is 12.4 Å². The molecule has 2 amide bonds. The quantitative estimate of drug-likeness (QED) is 0.782. The summed E-state index contributed by atoms with van der Waals surface area (Å²) in [6, 6.07) is 5.12. The summed E-state index contributed by atoms with van der Waals surface area (Å²) in [4.78, 5) is 26.7. The Morgan fingerprint density at radius 1 is 1.38 bits per heavy atom. The topological polar surface area (TPSA) is 72.9 Å². The number of carbonyl (C=O) groups excluding carboxylic acids is 2. The normalized spacial score (nSPS) is 24.9. The number of fused-ring (bicyclic) bond motifs is 1. The predicted molar refractivity (Wildman–Crippen MR) is 79.6 cm³/mol. The standard InChI is InChI=1S/C15H17N3O3/c1-3-9-4-5-10-12(8-9)17(2)15(21)18(10)11-6-7-13(19)16-14(11)20/h3-5,8,11,15,21H,1,6-7H2,2H3,(H,16,19,20). The number of hydrogen-bond acceptors (Lipinski definition) is 5. The minimum absolute atomic E-state index is 0.263. The molecular weight excluding hydrogens is 270 g/mol. The van der Waals surface area contributed by atoms with Gasteiger partial charge in [-0.1, -0.05) is 18.7 Å². The van der Waals surface area contributed by atoms with Crippen LogP contribution in [0.15, 0.2) is 24.8 Å². The largest absolute Gasteiger partial charge is 0.356 e. The Balaban J connectivity index is 1.99. The Morgan fingerprint density at radius 2 is 2.14 bits per heavy atom. The van der Waals surface area contributed by atoms with E-state index in [1.807, 2.05) is 18.2 Å². The van der Waals surface area contributed by atoms with Crippen LogP contribution in [-0.4, -0.2) is 36.4 Å². The van der Waals surface area contributed by atoms with Gasteiger partial charge < -0.3 is 14.9 Å². The fourth-order valence-electron chi connectivity index (χ4n) is 2.88. The maximum Gasteiger partial charge on any atom is 0.249 e. The van der Waals surface area contributed by atoms with Gasteiger partial charge in [-0.2, -0.15) is 0 Å². The van der Waals surface area contributed by atoms with Crippen molar-refractivity contribution < 1.29 is 14.7 Å². The Kier molecular flexibility index (Phi) is 3.17. The first-order valence-corrected chi connectivity index (χ1v) is 6.82. The second-order valence-corrected chi connectivity index (χ2v) is 5.28. The highest BCUT2D eigenvalue weighted by molar-refractivity contribution is 6.02. The predicted octanol–water partition coefficient (Wildman–Crippen LogP) is 0.667. The van der Waals surface area contributed by atoms with Crippen LogP contribution in [0.4, 0.5) is 11.4 Å². The summed E-state index contributed by atoms with van der Waals surface area (Å²) >= 11 is 0. The number of nitrogens with zero attached hydrogens (tertiary/aromatic N) is 2. The molecule has 2 aliphatic heterocycles. The van der Waals surface area contributed by atoms with Crippen LogP contribution in [0.2, 0.25) is 0 Å². The second-order valence-electron chi connectivity index (χ2n) is 5.28. The third-order valence-corrected chi connectivity index (χ3v) is 4.03. The van der Waals surface area contributed by atoms with Gasteiger partial charge in [-0.3, -0.25) is 14.9 Å². The Hall–Kier alpha value is -2.34. The number of aliphatic hydroxyl groups is 1. The number of benzene rings is 1. The van der Waals surface area contributed by atoms with Gasteiger partial charge in [-0.05, 0) is 24.1 Å². The van der Waals surface area contributed by atoms with Crippen molar-refractivity contribution in [3.63, 3.8) is 0 Å². The average molecular weight is 287 g/mol. The molecule has 2 aliphatic rings. The lowest BCUT2D eigenvalue weighted by molar-refractivity contribution is -0.134. The number of piperidine rings is 1. The Bertz CT molecular complexity index is 629. The molecule has 2 N–H and O–H groups in total. The van der Waals surface area contributed by atoms with Crippen molar-refractivity contribution >= 4 is 29.3 Å². The maximum atomic E-state index is 12.1. The van der Waals surface area contributed by atoms with Crippen molar-refractivity contribution in [3.05, 3.63) is 30.3 Å². The van der Waals surface area contributed by atoms with Gasteiger partial charge in [-0.15, -0.1) is 0 Å². The summed E-state index contributed by atoms with van der Waals surface area (Å²) in [5, 5.41) is 12.8. The van der Waals surface area contributed by atoms with E-state index in [2.05, 4.69) is 11.9 Å². The third-order valence-electron chi connectivity index (χ3n) is 4.03. The van der Waals surface area contributed by atoms with Crippen molar-refractivity contribution in [2.45, 2.75) is 25.2 Å². The summed E-state index contributed by atoms with van der Waals surface area (Å²) in [5.74, 6) is -0.625. The number of hydrogen-bond donors (Lipinski definition) is 2. The molecule has 0 aromatic heterocycles. The molecule has 1 saturated heterocycles. The van der Waals surface area contributed by atoms with E-state index in [1.165, 1.54) is 0 Å². The summed E-state index contributed by atoms with van der Waals surface area (Å²) in [6.07, 6.45) is 1.49. The lowest BCUT2D eigenvalue weighted by Crippen LogP contribution is -2.56. The summed E-state index contributed by atoms with van der Waals surface area (Å²) in [7, 11) is 1.77. The molecule has 0 spiro atoms. The van der Waals surface area contributed by atoms with E-state index in [4.69, 9.17) is 0 Å². The van der Waals surface area contributed by atoms with Gasteiger partial charge in [0.25, 0.3) is 0 Å². The lowest BCUT2D eigenvalue weighted by atomic mass is 10.0. The van der Waals surface area contributed by atoms with E-state index in [0.717, 1.165) is 16.9 Å². The highest BCUT2D eigenvalue weighted by Gasteiger charge is 2.41. The van der Waals surface area contributed by atoms with Crippen LogP contribution in [-0.2, 0) is 9.59 Å². The zero-order valence-corrected chi connectivity index (χ0v) is 11.7. The molecule has 6 heteroatoms. The first-order valence-electron chi connectivity index (χ1n) is 6.82. The summed E-state index contributed by atoms with van der Waals surface area (Å²) in [5.41, 5.74) is 2.56. The van der Waals surface area contributed by atoms with Gasteiger partial charge in [0, 0.05) is 13.5 Å². The number of imide groups is 1. The highest BCUT2D eigenvalue weighted by Crippen LogP contribution is 2.41. The fraction of sp³-hybridized carbons (Fsp3) is 0.333. The van der Waals surface area contributed by atoms with Gasteiger partial charge >= 0.3 is 0 Å². The van der Waals surface area contributed by atoms with Gasteiger partial charge in [-0.25, -0.2) is 0 Å². The molecule has 2 unspecified atom stereocenters.